The number of rotatable bonds is 16. The van der Waals surface area contributed by atoms with E-state index in [1.165, 1.54) is 89.9 Å². The highest BCUT2D eigenvalue weighted by atomic mass is 16.1. The summed E-state index contributed by atoms with van der Waals surface area (Å²) in [6, 6.07) is 0. The van der Waals surface area contributed by atoms with Crippen molar-refractivity contribution >= 4 is 5.91 Å². The molecule has 0 aliphatic rings. The van der Waals surface area contributed by atoms with Crippen LogP contribution in [0.25, 0.3) is 0 Å². The van der Waals surface area contributed by atoms with E-state index in [1.807, 2.05) is 0 Å². The van der Waals surface area contributed by atoms with Crippen molar-refractivity contribution in [2.24, 2.45) is 5.73 Å². The lowest BCUT2D eigenvalue weighted by molar-refractivity contribution is -0.118. The molecule has 0 aliphatic carbocycles. The first-order valence-corrected chi connectivity index (χ1v) is 10.1. The normalized spacial score (nSPS) is 9.38. The van der Waals surface area contributed by atoms with E-state index in [9.17, 15) is 4.79 Å². The predicted molar refractivity (Wildman–Crippen MR) is 111 cm³/mol. The Morgan fingerprint density at radius 2 is 0.833 bits per heavy atom. The molecule has 0 aromatic carbocycles. The third-order valence-electron chi connectivity index (χ3n) is 4.03. The highest BCUT2D eigenvalue weighted by Gasteiger charge is 1.96. The Morgan fingerprint density at radius 3 is 1.08 bits per heavy atom. The van der Waals surface area contributed by atoms with E-state index in [4.69, 9.17) is 5.73 Å². The van der Waals surface area contributed by atoms with Crippen LogP contribution in [0, 0.1) is 0 Å². The van der Waals surface area contributed by atoms with Gasteiger partial charge in [0.15, 0.2) is 0 Å². The minimum Gasteiger partial charge on any atom is -0.370 e. The molecule has 144 valence electrons. The molecule has 0 saturated carbocycles. The molecule has 0 spiro atoms. The number of carbonyl (C=O) groups excluding carboxylic acids is 1. The molecule has 2 heteroatoms. The zero-order valence-corrected chi connectivity index (χ0v) is 16.6. The summed E-state index contributed by atoms with van der Waals surface area (Å²) in [5.74, 6) is -0.153. The van der Waals surface area contributed by atoms with Crippen molar-refractivity contribution in [1.82, 2.24) is 0 Å². The maximum Gasteiger partial charge on any atom is 0.217 e. The molecule has 0 unspecified atom stereocenters. The summed E-state index contributed by atoms with van der Waals surface area (Å²) in [5.41, 5.74) is 5.11. The maximum absolute atomic E-state index is 10.6. The topological polar surface area (TPSA) is 43.1 Å². The second kappa shape index (κ2) is 29.9. The van der Waals surface area contributed by atoms with Crippen molar-refractivity contribution in [2.75, 3.05) is 0 Å². The Kier molecular flexibility index (Phi) is 34.6. The van der Waals surface area contributed by atoms with Crippen molar-refractivity contribution in [3.63, 3.8) is 0 Å². The Morgan fingerprint density at radius 1 is 0.583 bits per heavy atom. The third-order valence-corrected chi connectivity index (χ3v) is 4.03. The lowest BCUT2D eigenvalue weighted by Gasteiger charge is -2.03. The lowest BCUT2D eigenvalue weighted by atomic mass is 10.0. The summed E-state index contributed by atoms with van der Waals surface area (Å²) < 4.78 is 0. The van der Waals surface area contributed by atoms with Gasteiger partial charge >= 0.3 is 0 Å². The van der Waals surface area contributed by atoms with Crippen LogP contribution in [-0.2, 0) is 4.79 Å². The molecule has 0 atom stereocenters. The van der Waals surface area contributed by atoms with E-state index in [2.05, 4.69) is 33.2 Å². The van der Waals surface area contributed by atoms with E-state index < -0.39 is 0 Å². The summed E-state index contributed by atoms with van der Waals surface area (Å²) in [5, 5.41) is 0. The fourth-order valence-electron chi connectivity index (χ4n) is 2.67. The number of nitrogens with two attached hydrogens (primary N) is 1. The molecular weight excluding hydrogens is 294 g/mol. The molecule has 2 N–H and O–H groups in total. The van der Waals surface area contributed by atoms with Gasteiger partial charge < -0.3 is 5.73 Å². The first-order valence-electron chi connectivity index (χ1n) is 10.1. The second-order valence-corrected chi connectivity index (χ2v) is 6.17. The first-order chi connectivity index (χ1) is 11.8. The van der Waals surface area contributed by atoms with Gasteiger partial charge in [0.2, 0.25) is 5.91 Å². The van der Waals surface area contributed by atoms with Crippen LogP contribution in [0.4, 0.5) is 0 Å². The molecule has 0 radical (unpaired) electrons. The molecule has 0 aliphatic heterocycles. The SMILES string of the molecule is C=C.C=C.CCCCCCCCCCCCCCCCCC(N)=O. The largest absolute Gasteiger partial charge is 0.370 e. The minimum atomic E-state index is -0.153. The van der Waals surface area contributed by atoms with Crippen LogP contribution < -0.4 is 5.73 Å². The van der Waals surface area contributed by atoms with Crippen LogP contribution in [-0.4, -0.2) is 5.91 Å². The summed E-state index contributed by atoms with van der Waals surface area (Å²) in [6.07, 6.45) is 20.9. The van der Waals surface area contributed by atoms with Crippen LogP contribution in [0.3, 0.4) is 0 Å². The highest BCUT2D eigenvalue weighted by Crippen LogP contribution is 2.13. The van der Waals surface area contributed by atoms with E-state index in [0.29, 0.717) is 6.42 Å². The van der Waals surface area contributed by atoms with Crippen LogP contribution in [0.15, 0.2) is 26.3 Å². The van der Waals surface area contributed by atoms with E-state index in [-0.39, 0.29) is 5.91 Å². The first kappa shape index (κ1) is 27.8. The van der Waals surface area contributed by atoms with Crippen LogP contribution in [0.1, 0.15) is 110 Å². The molecule has 0 aromatic rings. The molecule has 2 nitrogen and oxygen atoms in total. The molecule has 1 amide bonds. The third kappa shape index (κ3) is 32.8. The average Bonchev–Trinajstić information content (AvgIpc) is 2.61. The Balaban J connectivity index is -0.00000102. The fraction of sp³-hybridized carbons (Fsp3) is 0.773. The summed E-state index contributed by atoms with van der Waals surface area (Å²) in [6.45, 7) is 14.3. The highest BCUT2D eigenvalue weighted by molar-refractivity contribution is 5.73. The van der Waals surface area contributed by atoms with Crippen LogP contribution in [0.2, 0.25) is 0 Å². The van der Waals surface area contributed by atoms with Gasteiger partial charge in [-0.1, -0.05) is 96.8 Å². The summed E-state index contributed by atoms with van der Waals surface area (Å²) >= 11 is 0. The summed E-state index contributed by atoms with van der Waals surface area (Å²) in [4.78, 5) is 10.6. The number of amides is 1. The lowest BCUT2D eigenvalue weighted by Crippen LogP contribution is -2.09. The van der Waals surface area contributed by atoms with Crippen molar-refractivity contribution < 1.29 is 4.79 Å². The van der Waals surface area contributed by atoms with Gasteiger partial charge in [-0.25, -0.2) is 0 Å². The zero-order valence-electron chi connectivity index (χ0n) is 16.6. The van der Waals surface area contributed by atoms with Crippen LogP contribution >= 0.6 is 0 Å². The van der Waals surface area contributed by atoms with Gasteiger partial charge in [0.05, 0.1) is 0 Å². The van der Waals surface area contributed by atoms with Crippen molar-refractivity contribution in [2.45, 2.75) is 110 Å². The molecule has 0 fully saturated rings. The average molecular weight is 340 g/mol. The smallest absolute Gasteiger partial charge is 0.217 e. The number of primary amides is 1. The van der Waals surface area contributed by atoms with Gasteiger partial charge in [-0.15, -0.1) is 26.3 Å². The van der Waals surface area contributed by atoms with Gasteiger partial charge in [0.25, 0.3) is 0 Å². The van der Waals surface area contributed by atoms with Crippen molar-refractivity contribution in [1.29, 1.82) is 0 Å². The molecule has 0 saturated heterocycles. The quantitative estimate of drug-likeness (QED) is 0.232. The van der Waals surface area contributed by atoms with Crippen molar-refractivity contribution in [3.8, 4) is 0 Å². The minimum absolute atomic E-state index is 0.153. The monoisotopic (exact) mass is 339 g/mol. The second-order valence-electron chi connectivity index (χ2n) is 6.17. The number of carbonyl (C=O) groups is 1. The van der Waals surface area contributed by atoms with E-state index in [1.54, 1.807) is 0 Å². The Labute approximate surface area is 153 Å². The van der Waals surface area contributed by atoms with Gasteiger partial charge in [-0.3, -0.25) is 4.79 Å². The van der Waals surface area contributed by atoms with Crippen LogP contribution in [0.5, 0.6) is 0 Å². The number of hydrogen-bond acceptors (Lipinski definition) is 1. The van der Waals surface area contributed by atoms with E-state index in [0.717, 1.165) is 6.42 Å². The number of hydrogen-bond donors (Lipinski definition) is 1. The maximum atomic E-state index is 10.6. The molecule has 0 rings (SSSR count). The molecular formula is C22H45NO. The Bertz CT molecular complexity index is 226. The summed E-state index contributed by atoms with van der Waals surface area (Å²) in [7, 11) is 0. The van der Waals surface area contributed by atoms with Gasteiger partial charge in [-0.05, 0) is 6.42 Å². The van der Waals surface area contributed by atoms with Gasteiger partial charge in [0.1, 0.15) is 0 Å². The molecule has 0 aromatic heterocycles. The fourth-order valence-corrected chi connectivity index (χ4v) is 2.67. The standard InChI is InChI=1S/C18H37NO.2C2H4/c1-2-3-4-5-6-7-8-9-10-11-12-13-14-15-16-17-18(19)20;2*1-2/h2-17H2,1H3,(H2,19,20);2*1-2H2. The Hall–Kier alpha value is -1.05. The zero-order chi connectivity index (χ0) is 18.9. The molecule has 0 bridgehead atoms. The van der Waals surface area contributed by atoms with Gasteiger partial charge in [0, 0.05) is 6.42 Å². The van der Waals surface area contributed by atoms with Gasteiger partial charge in [-0.2, -0.15) is 0 Å². The van der Waals surface area contributed by atoms with E-state index >= 15 is 0 Å². The van der Waals surface area contributed by atoms with Crippen molar-refractivity contribution in [3.05, 3.63) is 26.3 Å². The molecule has 24 heavy (non-hydrogen) atoms. The predicted octanol–water partition coefficient (Wildman–Crippen LogP) is 7.34. The number of unbranched alkanes of at least 4 members (excludes halogenated alkanes) is 14. The molecule has 0 heterocycles.